The Morgan fingerprint density at radius 2 is 1.80 bits per heavy atom. The summed E-state index contributed by atoms with van der Waals surface area (Å²) in [6.45, 7) is 9.27. The van der Waals surface area contributed by atoms with E-state index in [0.717, 1.165) is 75.3 Å². The first-order valence-electron chi connectivity index (χ1n) is 15.7. The second-order valence-corrected chi connectivity index (χ2v) is 15.2. The number of hydrogen-bond acceptors (Lipinski definition) is 11. The monoisotopic (exact) mass is 714 g/mol. The largest absolute Gasteiger partial charge is 0.494 e. The van der Waals surface area contributed by atoms with Gasteiger partial charge in [0.05, 0.1) is 35.8 Å². The third-order valence-electron chi connectivity index (χ3n) is 9.26. The Morgan fingerprint density at radius 1 is 1.07 bits per heavy atom. The van der Waals surface area contributed by atoms with Gasteiger partial charge in [0.1, 0.15) is 23.0 Å². The zero-order chi connectivity index (χ0) is 32.6. The number of ether oxygens (including phenoxy) is 2. The van der Waals surface area contributed by atoms with Gasteiger partial charge in [-0.15, -0.1) is 0 Å². The molecule has 0 bridgehead atoms. The number of methoxy groups -OCH3 is 1. The van der Waals surface area contributed by atoms with Crippen LogP contribution in [-0.2, 0) is 16.4 Å². The number of benzene rings is 2. The SMILES string of the molecule is COc1cc(N2CCC(N3CCN(C)CC3)CC2)c(C)cc1Nc1ncc(Br)c(Nc2ccc3c(c2N(C)S(C)(=O)=O)OCC3)n1. The van der Waals surface area contributed by atoms with Gasteiger partial charge in [-0.1, -0.05) is 6.07 Å². The van der Waals surface area contributed by atoms with Crippen LogP contribution in [0, 0.1) is 6.92 Å². The highest BCUT2D eigenvalue weighted by molar-refractivity contribution is 9.10. The van der Waals surface area contributed by atoms with Gasteiger partial charge in [0.15, 0.2) is 0 Å². The molecular weight excluding hydrogens is 672 g/mol. The zero-order valence-electron chi connectivity index (χ0n) is 27.1. The lowest BCUT2D eigenvalue weighted by atomic mass is 10.0. The molecule has 3 aliphatic heterocycles. The molecule has 0 atom stereocenters. The first-order chi connectivity index (χ1) is 22.0. The molecule has 2 aromatic carbocycles. The number of piperidine rings is 1. The molecule has 0 spiro atoms. The molecule has 0 radical (unpaired) electrons. The van der Waals surface area contributed by atoms with Crippen molar-refractivity contribution in [1.29, 1.82) is 0 Å². The van der Waals surface area contributed by atoms with Crippen LogP contribution >= 0.6 is 15.9 Å². The van der Waals surface area contributed by atoms with E-state index < -0.39 is 10.0 Å². The predicted molar refractivity (Wildman–Crippen MR) is 187 cm³/mol. The van der Waals surface area contributed by atoms with Crippen molar-refractivity contribution in [1.82, 2.24) is 19.8 Å². The highest BCUT2D eigenvalue weighted by Crippen LogP contribution is 2.44. The number of sulfonamides is 1. The minimum absolute atomic E-state index is 0.361. The number of nitrogens with one attached hydrogen (secondary N) is 2. The molecule has 1 aromatic heterocycles. The molecule has 0 saturated carbocycles. The predicted octanol–water partition coefficient (Wildman–Crippen LogP) is 4.59. The standard InChI is InChI=1S/C32H43BrN8O4S/c1-21-18-26(28(44-4)19-27(21)41-11-8-23(9-12-41)40-15-13-38(2)14-16-40)36-32-34-20-24(33)31(37-32)35-25-7-6-22-10-17-45-30(22)29(25)39(3)46(5,42)43/h6-7,18-20,23H,8-17H2,1-5H3,(H2,34,35,36,37). The van der Waals surface area contributed by atoms with Gasteiger partial charge in [0, 0.05) is 76.7 Å². The van der Waals surface area contributed by atoms with E-state index in [9.17, 15) is 8.42 Å². The second kappa shape index (κ2) is 13.4. The van der Waals surface area contributed by atoms with Crippen LogP contribution in [0.5, 0.6) is 11.5 Å². The molecule has 3 aromatic rings. The highest BCUT2D eigenvalue weighted by Gasteiger charge is 2.29. The molecule has 46 heavy (non-hydrogen) atoms. The Kier molecular flexibility index (Phi) is 9.51. The summed E-state index contributed by atoms with van der Waals surface area (Å²) in [4.78, 5) is 16.8. The van der Waals surface area contributed by atoms with E-state index in [-0.39, 0.29) is 0 Å². The summed E-state index contributed by atoms with van der Waals surface area (Å²) in [5, 5.41) is 6.64. The van der Waals surface area contributed by atoms with E-state index in [1.54, 1.807) is 13.3 Å². The number of hydrogen-bond donors (Lipinski definition) is 2. The summed E-state index contributed by atoms with van der Waals surface area (Å²) in [6, 6.07) is 8.63. The minimum Gasteiger partial charge on any atom is -0.494 e. The Balaban J connectivity index is 1.20. The summed E-state index contributed by atoms with van der Waals surface area (Å²) in [7, 11) is 1.85. The maximum Gasteiger partial charge on any atom is 0.232 e. The average molecular weight is 716 g/mol. The number of piperazine rings is 1. The van der Waals surface area contributed by atoms with Crippen molar-refractivity contribution in [2.45, 2.75) is 32.2 Å². The Morgan fingerprint density at radius 3 is 2.50 bits per heavy atom. The summed E-state index contributed by atoms with van der Waals surface area (Å²) in [6.07, 6.45) is 5.86. The van der Waals surface area contributed by atoms with Gasteiger partial charge in [0.2, 0.25) is 16.0 Å². The number of anilines is 6. The maximum atomic E-state index is 12.5. The number of aryl methyl sites for hydroxylation is 1. The summed E-state index contributed by atoms with van der Waals surface area (Å²) in [5.41, 5.74) is 5.03. The van der Waals surface area contributed by atoms with Crippen molar-refractivity contribution >= 4 is 60.5 Å². The van der Waals surface area contributed by atoms with Crippen LogP contribution < -0.4 is 29.3 Å². The number of halogens is 1. The van der Waals surface area contributed by atoms with Crippen molar-refractivity contribution in [3.63, 3.8) is 0 Å². The molecule has 248 valence electrons. The Bertz CT molecular complexity index is 1690. The van der Waals surface area contributed by atoms with Crippen molar-refractivity contribution in [2.75, 3.05) is 93.2 Å². The van der Waals surface area contributed by atoms with Gasteiger partial charge in [-0.05, 0) is 66.0 Å². The van der Waals surface area contributed by atoms with Gasteiger partial charge < -0.3 is 29.9 Å². The molecule has 2 saturated heterocycles. The molecule has 0 unspecified atom stereocenters. The fourth-order valence-corrected chi connectivity index (χ4v) is 7.32. The van der Waals surface area contributed by atoms with Crippen LogP contribution in [0.15, 0.2) is 34.9 Å². The first kappa shape index (κ1) is 32.6. The van der Waals surface area contributed by atoms with Gasteiger partial charge >= 0.3 is 0 Å². The summed E-state index contributed by atoms with van der Waals surface area (Å²) >= 11 is 3.55. The minimum atomic E-state index is -3.55. The van der Waals surface area contributed by atoms with Crippen LogP contribution in [0.3, 0.4) is 0 Å². The van der Waals surface area contributed by atoms with Gasteiger partial charge in [-0.2, -0.15) is 4.98 Å². The molecule has 14 heteroatoms. The summed E-state index contributed by atoms with van der Waals surface area (Å²) < 4.78 is 38.6. The van der Waals surface area contributed by atoms with E-state index in [0.29, 0.717) is 51.8 Å². The van der Waals surface area contributed by atoms with Crippen LogP contribution in [0.2, 0.25) is 0 Å². The van der Waals surface area contributed by atoms with Crippen LogP contribution in [0.25, 0.3) is 0 Å². The molecule has 3 aliphatic rings. The van der Waals surface area contributed by atoms with E-state index in [1.807, 2.05) is 12.1 Å². The third kappa shape index (κ3) is 6.85. The van der Waals surface area contributed by atoms with Crippen molar-refractivity contribution in [2.24, 2.45) is 0 Å². The van der Waals surface area contributed by atoms with Crippen LogP contribution in [-0.4, -0.2) is 108 Å². The average Bonchev–Trinajstić information content (AvgIpc) is 3.51. The lowest BCUT2D eigenvalue weighted by Crippen LogP contribution is -2.52. The number of nitrogens with zero attached hydrogens (tertiary/aromatic N) is 6. The van der Waals surface area contributed by atoms with E-state index in [1.165, 1.54) is 23.3 Å². The first-order valence-corrected chi connectivity index (χ1v) is 18.3. The van der Waals surface area contributed by atoms with Gasteiger partial charge in [0.25, 0.3) is 0 Å². The molecule has 2 fully saturated rings. The fraction of sp³-hybridized carbons (Fsp3) is 0.500. The molecule has 0 aliphatic carbocycles. The Labute approximate surface area is 280 Å². The molecule has 0 amide bonds. The second-order valence-electron chi connectivity index (χ2n) is 12.3. The summed E-state index contributed by atoms with van der Waals surface area (Å²) in [5.74, 6) is 2.09. The van der Waals surface area contributed by atoms with E-state index in [2.05, 4.69) is 72.4 Å². The lowest BCUT2D eigenvalue weighted by molar-refractivity contribution is 0.0982. The van der Waals surface area contributed by atoms with Gasteiger partial charge in [-0.25, -0.2) is 13.4 Å². The van der Waals surface area contributed by atoms with Crippen molar-refractivity contribution in [3.8, 4) is 11.5 Å². The number of aromatic nitrogens is 2. The Hall–Kier alpha value is -3.33. The molecule has 12 nitrogen and oxygen atoms in total. The third-order valence-corrected chi connectivity index (χ3v) is 11.0. The molecule has 2 N–H and O–H groups in total. The van der Waals surface area contributed by atoms with Crippen LogP contribution in [0.1, 0.15) is 24.0 Å². The zero-order valence-corrected chi connectivity index (χ0v) is 29.5. The van der Waals surface area contributed by atoms with Crippen molar-refractivity contribution < 1.29 is 17.9 Å². The maximum absolute atomic E-state index is 12.5. The topological polar surface area (TPSA) is 115 Å². The van der Waals surface area contributed by atoms with E-state index >= 15 is 0 Å². The molecular formula is C32H43BrN8O4S. The number of fused-ring (bicyclic) bond motifs is 1. The lowest BCUT2D eigenvalue weighted by Gasteiger charge is -2.43. The molecule has 6 rings (SSSR count). The number of likely N-dealkylation sites (N-methyl/N-ethyl adjacent to an activating group) is 1. The van der Waals surface area contributed by atoms with Crippen LogP contribution in [0.4, 0.5) is 34.5 Å². The molecule has 4 heterocycles. The van der Waals surface area contributed by atoms with Gasteiger partial charge in [-0.3, -0.25) is 9.21 Å². The number of rotatable bonds is 9. The van der Waals surface area contributed by atoms with E-state index in [4.69, 9.17) is 14.5 Å². The smallest absolute Gasteiger partial charge is 0.232 e. The van der Waals surface area contributed by atoms with Crippen molar-refractivity contribution in [3.05, 3.63) is 46.1 Å². The highest BCUT2D eigenvalue weighted by atomic mass is 79.9. The normalized spacial score (nSPS) is 17.8. The quantitative estimate of drug-likeness (QED) is 0.324. The fourth-order valence-electron chi connectivity index (χ4n) is 6.52.